The molecule has 0 saturated carbocycles. The first-order valence-corrected chi connectivity index (χ1v) is 9.55. The Labute approximate surface area is 146 Å². The second-order valence-electron chi connectivity index (χ2n) is 5.62. The molecular formula is C15H25N3O6S. The van der Waals surface area contributed by atoms with Crippen molar-refractivity contribution in [2.75, 3.05) is 10.4 Å². The fraction of sp³-hybridized carbons (Fsp3) is 0.533. The zero-order valence-corrected chi connectivity index (χ0v) is 14.8. The van der Waals surface area contributed by atoms with Crippen molar-refractivity contribution >= 4 is 27.2 Å². The third-order valence-electron chi connectivity index (χ3n) is 3.96. The fourth-order valence-electron chi connectivity index (χ4n) is 2.68. The van der Waals surface area contributed by atoms with Crippen LogP contribution in [0.3, 0.4) is 0 Å². The summed E-state index contributed by atoms with van der Waals surface area (Å²) in [6.45, 7) is 2.02. The highest BCUT2D eigenvalue weighted by atomic mass is 32.2. The highest BCUT2D eigenvalue weighted by Crippen LogP contribution is 2.36. The Morgan fingerprint density at radius 2 is 1.92 bits per heavy atom. The summed E-state index contributed by atoms with van der Waals surface area (Å²) in [6.07, 6.45) is 3.27. The molecule has 0 aliphatic carbocycles. The van der Waals surface area contributed by atoms with E-state index in [1.165, 1.54) is 0 Å². The fourth-order valence-corrected chi connectivity index (χ4v) is 4.45. The summed E-state index contributed by atoms with van der Waals surface area (Å²) in [5.41, 5.74) is -0.706. The number of rotatable bonds is 8. The second kappa shape index (κ2) is 9.56. The summed E-state index contributed by atoms with van der Waals surface area (Å²) in [6, 6.07) is 6.56. The number of hydroxylamine groups is 1. The number of carbonyl (C=O) groups is 1. The Morgan fingerprint density at radius 3 is 2.48 bits per heavy atom. The third-order valence-corrected chi connectivity index (χ3v) is 6.13. The molecule has 0 radical (unpaired) electrons. The van der Waals surface area contributed by atoms with Crippen molar-refractivity contribution < 1.29 is 28.7 Å². The quantitative estimate of drug-likeness (QED) is 0.338. The summed E-state index contributed by atoms with van der Waals surface area (Å²) in [7, 11) is -4.14. The number of nitrogens with zero attached hydrogens (tertiary/aromatic N) is 1. The van der Waals surface area contributed by atoms with Gasteiger partial charge in [-0.05, 0) is 18.6 Å². The van der Waals surface area contributed by atoms with E-state index in [9.17, 15) is 23.5 Å². The van der Waals surface area contributed by atoms with Gasteiger partial charge in [-0.25, -0.2) is 19.4 Å². The molecule has 1 heterocycles. The number of hydrogen-bond acceptors (Lipinski definition) is 8. The van der Waals surface area contributed by atoms with Crippen molar-refractivity contribution in [2.24, 2.45) is 5.90 Å². The first-order chi connectivity index (χ1) is 11.9. The van der Waals surface area contributed by atoms with Crippen LogP contribution in [-0.2, 0) is 14.6 Å². The third kappa shape index (κ3) is 4.82. The molecule has 0 amide bonds. The second-order valence-corrected chi connectivity index (χ2v) is 7.82. The zero-order chi connectivity index (χ0) is 19.0. The van der Waals surface area contributed by atoms with Crippen molar-refractivity contribution in [2.45, 2.75) is 49.8 Å². The molecule has 9 nitrogen and oxygen atoms in total. The minimum atomic E-state index is -4.14. The molecule has 0 bridgehead atoms. The SMILES string of the molecule is CCCCCCC(C(=O)O)S(=O)(=O)C1Nc2ccccc2N1O.NO. The van der Waals surface area contributed by atoms with E-state index in [2.05, 4.69) is 11.2 Å². The van der Waals surface area contributed by atoms with E-state index in [0.29, 0.717) is 22.9 Å². The molecule has 6 N–H and O–H groups in total. The van der Waals surface area contributed by atoms with Gasteiger partial charge in [-0.1, -0.05) is 44.7 Å². The zero-order valence-electron chi connectivity index (χ0n) is 14.0. The Balaban J connectivity index is 0.00000151. The van der Waals surface area contributed by atoms with Crippen molar-refractivity contribution in [3.05, 3.63) is 24.3 Å². The highest BCUT2D eigenvalue weighted by molar-refractivity contribution is 7.93. The monoisotopic (exact) mass is 375 g/mol. The number of aliphatic carboxylic acids is 1. The summed E-state index contributed by atoms with van der Waals surface area (Å²) in [4.78, 5) is 11.4. The Kier molecular flexibility index (Phi) is 8.10. The van der Waals surface area contributed by atoms with Crippen LogP contribution in [0.1, 0.15) is 39.0 Å². The normalized spacial score (nSPS) is 17.1. The molecule has 142 valence electrons. The van der Waals surface area contributed by atoms with Crippen LogP contribution in [0, 0.1) is 0 Å². The van der Waals surface area contributed by atoms with E-state index in [1.54, 1.807) is 24.3 Å². The van der Waals surface area contributed by atoms with Crippen molar-refractivity contribution in [1.82, 2.24) is 0 Å². The van der Waals surface area contributed by atoms with Crippen LogP contribution in [-0.4, -0.2) is 40.7 Å². The lowest BCUT2D eigenvalue weighted by molar-refractivity contribution is -0.136. The predicted octanol–water partition coefficient (Wildman–Crippen LogP) is 1.76. The average molecular weight is 375 g/mol. The summed E-state index contributed by atoms with van der Waals surface area (Å²) < 4.78 is 25.3. The van der Waals surface area contributed by atoms with Crippen LogP contribution in [0.25, 0.3) is 0 Å². The lowest BCUT2D eigenvalue weighted by Gasteiger charge is -2.23. The maximum absolute atomic E-state index is 12.7. The summed E-state index contributed by atoms with van der Waals surface area (Å²) in [5.74, 6) is 2.12. The van der Waals surface area contributed by atoms with E-state index >= 15 is 0 Å². The standard InChI is InChI=1S/C15H22N2O5S.H3NO/c1-2-3-4-5-10-13(14(18)19)23(21,22)15-16-11-8-6-7-9-12(11)17(15)20;1-2/h6-9,13,15-16,20H,2-5,10H2,1H3,(H,18,19);2H,1H2. The van der Waals surface area contributed by atoms with Crippen LogP contribution >= 0.6 is 0 Å². The molecule has 1 aliphatic heterocycles. The average Bonchev–Trinajstić information content (AvgIpc) is 2.94. The molecular weight excluding hydrogens is 350 g/mol. The van der Waals surface area contributed by atoms with Crippen molar-refractivity contribution in [3.63, 3.8) is 0 Å². The number of nitrogens with one attached hydrogen (secondary N) is 1. The molecule has 1 aromatic rings. The van der Waals surface area contributed by atoms with Crippen LogP contribution in [0.4, 0.5) is 11.4 Å². The number of nitrogens with two attached hydrogens (primary N) is 1. The van der Waals surface area contributed by atoms with Crippen LogP contribution in [0.15, 0.2) is 24.3 Å². The minimum Gasteiger partial charge on any atom is -0.480 e. The van der Waals surface area contributed by atoms with Gasteiger partial charge in [0, 0.05) is 0 Å². The van der Waals surface area contributed by atoms with Gasteiger partial charge in [0.1, 0.15) is 0 Å². The first-order valence-electron chi connectivity index (χ1n) is 7.94. The molecule has 0 spiro atoms. The minimum absolute atomic E-state index is 0.0417. The highest BCUT2D eigenvalue weighted by Gasteiger charge is 2.45. The summed E-state index contributed by atoms with van der Waals surface area (Å²) >= 11 is 0. The van der Waals surface area contributed by atoms with E-state index in [-0.39, 0.29) is 6.42 Å². The number of fused-ring (bicyclic) bond motifs is 1. The Hall–Kier alpha value is -1.88. The van der Waals surface area contributed by atoms with Crippen molar-refractivity contribution in [3.8, 4) is 0 Å². The van der Waals surface area contributed by atoms with Gasteiger partial charge in [0.05, 0.1) is 11.4 Å². The van der Waals surface area contributed by atoms with Gasteiger partial charge < -0.3 is 15.6 Å². The largest absolute Gasteiger partial charge is 0.480 e. The number of carboxylic acids is 1. The lowest BCUT2D eigenvalue weighted by atomic mass is 10.1. The van der Waals surface area contributed by atoms with Gasteiger partial charge in [-0.2, -0.15) is 0 Å². The van der Waals surface area contributed by atoms with Gasteiger partial charge in [0.25, 0.3) is 0 Å². The van der Waals surface area contributed by atoms with Crippen molar-refractivity contribution in [1.29, 1.82) is 0 Å². The summed E-state index contributed by atoms with van der Waals surface area (Å²) in [5, 5.41) is 27.7. The van der Waals surface area contributed by atoms with E-state index < -0.39 is 26.6 Å². The Morgan fingerprint density at radius 1 is 1.28 bits per heavy atom. The molecule has 0 saturated heterocycles. The smallest absolute Gasteiger partial charge is 0.322 e. The number of sulfone groups is 1. The molecule has 2 rings (SSSR count). The molecule has 25 heavy (non-hydrogen) atoms. The maximum Gasteiger partial charge on any atom is 0.322 e. The molecule has 0 aromatic heterocycles. The number of hydrogen-bond donors (Lipinski definition) is 5. The number of anilines is 2. The topological polar surface area (TPSA) is 153 Å². The van der Waals surface area contributed by atoms with Crippen LogP contribution in [0.5, 0.6) is 0 Å². The van der Waals surface area contributed by atoms with Gasteiger partial charge in [0.15, 0.2) is 5.25 Å². The molecule has 1 aliphatic rings. The number of carboxylic acid groups (broad SMARTS) is 1. The van der Waals surface area contributed by atoms with Gasteiger partial charge in [0.2, 0.25) is 15.3 Å². The van der Waals surface area contributed by atoms with E-state index in [1.807, 2.05) is 6.92 Å². The molecule has 2 atom stereocenters. The number of benzene rings is 1. The van der Waals surface area contributed by atoms with Crippen LogP contribution in [0.2, 0.25) is 0 Å². The lowest BCUT2D eigenvalue weighted by Crippen LogP contribution is -2.47. The number of para-hydroxylation sites is 2. The maximum atomic E-state index is 12.7. The van der Waals surface area contributed by atoms with Gasteiger partial charge in [-0.15, -0.1) is 0 Å². The molecule has 10 heteroatoms. The van der Waals surface area contributed by atoms with E-state index in [0.717, 1.165) is 19.3 Å². The van der Waals surface area contributed by atoms with E-state index in [4.69, 9.17) is 5.21 Å². The van der Waals surface area contributed by atoms with Crippen LogP contribution < -0.4 is 16.3 Å². The van der Waals surface area contributed by atoms with Gasteiger partial charge in [-0.3, -0.25) is 10.0 Å². The van der Waals surface area contributed by atoms with Gasteiger partial charge >= 0.3 is 5.97 Å². The molecule has 1 aromatic carbocycles. The predicted molar refractivity (Wildman–Crippen MR) is 93.2 cm³/mol. The number of unbranched alkanes of at least 4 members (excludes halogenated alkanes) is 3. The molecule has 0 fully saturated rings. The Bertz CT molecular complexity index is 667. The molecule has 2 unspecified atom stereocenters. The first kappa shape index (κ1) is 21.2.